The number of ether oxygens (including phenoxy) is 1. The highest BCUT2D eigenvalue weighted by Gasteiger charge is 2.20. The SMILES string of the molecule is CC(NC(CNC(=O)OC(C)(C)C)C(C)C)c1ccc(I)cc1. The third kappa shape index (κ3) is 8.01. The van der Waals surface area contributed by atoms with E-state index in [2.05, 4.69) is 78.3 Å². The summed E-state index contributed by atoms with van der Waals surface area (Å²) in [6.45, 7) is 12.6. The molecule has 130 valence electrons. The number of amides is 1. The Kier molecular flexibility index (Phi) is 7.80. The molecule has 23 heavy (non-hydrogen) atoms. The molecule has 0 bridgehead atoms. The van der Waals surface area contributed by atoms with E-state index in [-0.39, 0.29) is 18.2 Å². The molecule has 0 aliphatic rings. The van der Waals surface area contributed by atoms with Crippen molar-refractivity contribution in [2.24, 2.45) is 5.92 Å². The molecule has 0 aromatic heterocycles. The molecule has 0 spiro atoms. The molecule has 0 heterocycles. The number of nitrogens with one attached hydrogen (secondary N) is 2. The van der Waals surface area contributed by atoms with E-state index in [0.717, 1.165) is 0 Å². The zero-order chi connectivity index (χ0) is 17.6. The Bertz CT molecular complexity index is 495. The van der Waals surface area contributed by atoms with Gasteiger partial charge in [-0.3, -0.25) is 0 Å². The second-order valence-corrected chi connectivity index (χ2v) is 8.42. The lowest BCUT2D eigenvalue weighted by atomic mass is 10.0. The summed E-state index contributed by atoms with van der Waals surface area (Å²) in [5, 5.41) is 6.46. The number of carbonyl (C=O) groups is 1. The van der Waals surface area contributed by atoms with Crippen molar-refractivity contribution < 1.29 is 9.53 Å². The van der Waals surface area contributed by atoms with E-state index in [1.54, 1.807) is 0 Å². The molecule has 0 radical (unpaired) electrons. The number of benzene rings is 1. The first-order valence-electron chi connectivity index (χ1n) is 8.07. The zero-order valence-corrected chi connectivity index (χ0v) is 17.1. The predicted molar refractivity (Wildman–Crippen MR) is 104 cm³/mol. The molecular weight excluding hydrogens is 403 g/mol. The fourth-order valence-corrected chi connectivity index (χ4v) is 2.52. The Morgan fingerprint density at radius 1 is 1.17 bits per heavy atom. The average Bonchev–Trinajstić information content (AvgIpc) is 2.41. The van der Waals surface area contributed by atoms with Gasteiger partial charge in [-0.2, -0.15) is 0 Å². The van der Waals surface area contributed by atoms with Crippen LogP contribution in [0.3, 0.4) is 0 Å². The number of hydrogen-bond acceptors (Lipinski definition) is 3. The summed E-state index contributed by atoms with van der Waals surface area (Å²) in [6.07, 6.45) is -0.369. The van der Waals surface area contributed by atoms with E-state index >= 15 is 0 Å². The van der Waals surface area contributed by atoms with Gasteiger partial charge >= 0.3 is 6.09 Å². The largest absolute Gasteiger partial charge is 0.444 e. The van der Waals surface area contributed by atoms with Gasteiger partial charge in [0.25, 0.3) is 0 Å². The first-order valence-corrected chi connectivity index (χ1v) is 9.14. The van der Waals surface area contributed by atoms with Crippen LogP contribution in [-0.2, 0) is 4.74 Å². The van der Waals surface area contributed by atoms with Crippen LogP contribution in [0.4, 0.5) is 4.79 Å². The van der Waals surface area contributed by atoms with Crippen LogP contribution >= 0.6 is 22.6 Å². The third-order valence-corrected chi connectivity index (χ3v) is 4.22. The topological polar surface area (TPSA) is 50.4 Å². The maximum atomic E-state index is 11.8. The van der Waals surface area contributed by atoms with Crippen LogP contribution in [0.2, 0.25) is 0 Å². The number of rotatable bonds is 6. The summed E-state index contributed by atoms with van der Waals surface area (Å²) in [5.74, 6) is 0.399. The van der Waals surface area contributed by atoms with Crippen molar-refractivity contribution in [3.05, 3.63) is 33.4 Å². The van der Waals surface area contributed by atoms with Crippen LogP contribution in [0.5, 0.6) is 0 Å². The quantitative estimate of drug-likeness (QED) is 0.652. The van der Waals surface area contributed by atoms with Gasteiger partial charge in [-0.1, -0.05) is 26.0 Å². The molecule has 0 aliphatic heterocycles. The molecule has 0 aliphatic carbocycles. The second kappa shape index (κ2) is 8.87. The van der Waals surface area contributed by atoms with Crippen LogP contribution in [0.15, 0.2) is 24.3 Å². The van der Waals surface area contributed by atoms with Crippen LogP contribution in [-0.4, -0.2) is 24.3 Å². The normalized spacial score (nSPS) is 14.4. The lowest BCUT2D eigenvalue weighted by Gasteiger charge is -2.28. The van der Waals surface area contributed by atoms with Crippen molar-refractivity contribution in [2.75, 3.05) is 6.54 Å². The molecule has 2 N–H and O–H groups in total. The van der Waals surface area contributed by atoms with Crippen LogP contribution in [0, 0.1) is 9.49 Å². The second-order valence-electron chi connectivity index (χ2n) is 7.17. The lowest BCUT2D eigenvalue weighted by molar-refractivity contribution is 0.0518. The van der Waals surface area contributed by atoms with E-state index in [9.17, 15) is 4.79 Å². The molecule has 5 heteroatoms. The van der Waals surface area contributed by atoms with Gasteiger partial charge in [0.15, 0.2) is 0 Å². The molecule has 0 fully saturated rings. The monoisotopic (exact) mass is 432 g/mol. The number of alkyl carbamates (subject to hydrolysis) is 1. The Morgan fingerprint density at radius 2 is 1.74 bits per heavy atom. The van der Waals surface area contributed by atoms with Gasteiger partial charge in [0.2, 0.25) is 0 Å². The van der Waals surface area contributed by atoms with Crippen molar-refractivity contribution in [3.63, 3.8) is 0 Å². The molecule has 1 amide bonds. The van der Waals surface area contributed by atoms with Crippen molar-refractivity contribution >= 4 is 28.7 Å². The van der Waals surface area contributed by atoms with Crippen molar-refractivity contribution in [1.82, 2.24) is 10.6 Å². The fourth-order valence-electron chi connectivity index (χ4n) is 2.16. The minimum atomic E-state index is -0.473. The first kappa shape index (κ1) is 20.2. The molecule has 4 nitrogen and oxygen atoms in total. The van der Waals surface area contributed by atoms with Crippen LogP contribution in [0.25, 0.3) is 0 Å². The molecule has 2 atom stereocenters. The Morgan fingerprint density at radius 3 is 2.22 bits per heavy atom. The molecule has 1 rings (SSSR count). The van der Waals surface area contributed by atoms with Crippen molar-refractivity contribution in [1.29, 1.82) is 0 Å². The van der Waals surface area contributed by atoms with Gasteiger partial charge in [0.05, 0.1) is 0 Å². The number of carbonyl (C=O) groups excluding carboxylic acids is 1. The van der Waals surface area contributed by atoms with Gasteiger partial charge in [0.1, 0.15) is 5.60 Å². The minimum absolute atomic E-state index is 0.178. The molecular formula is C18H29IN2O2. The summed E-state index contributed by atoms with van der Waals surface area (Å²) in [5.41, 5.74) is 0.771. The maximum Gasteiger partial charge on any atom is 0.407 e. The van der Waals surface area contributed by atoms with E-state index < -0.39 is 5.60 Å². The fraction of sp³-hybridized carbons (Fsp3) is 0.611. The summed E-state index contributed by atoms with van der Waals surface area (Å²) in [6, 6.07) is 8.89. The van der Waals surface area contributed by atoms with E-state index in [0.29, 0.717) is 12.5 Å². The summed E-state index contributed by atoms with van der Waals surface area (Å²) in [4.78, 5) is 11.8. The van der Waals surface area contributed by atoms with Gasteiger partial charge in [-0.25, -0.2) is 4.79 Å². The minimum Gasteiger partial charge on any atom is -0.444 e. The van der Waals surface area contributed by atoms with Gasteiger partial charge in [-0.15, -0.1) is 0 Å². The summed E-state index contributed by atoms with van der Waals surface area (Å²) >= 11 is 2.31. The van der Waals surface area contributed by atoms with E-state index in [1.165, 1.54) is 9.13 Å². The van der Waals surface area contributed by atoms with Crippen molar-refractivity contribution in [2.45, 2.75) is 59.2 Å². The first-order chi connectivity index (χ1) is 10.6. The standard InChI is InChI=1S/C18H29IN2O2/c1-12(2)16(11-20-17(22)23-18(4,5)6)21-13(3)14-7-9-15(19)10-8-14/h7-10,12-13,16,21H,11H2,1-6H3,(H,20,22). The van der Waals surface area contributed by atoms with E-state index in [4.69, 9.17) is 4.74 Å². The number of halogens is 1. The zero-order valence-electron chi connectivity index (χ0n) is 14.9. The highest BCUT2D eigenvalue weighted by atomic mass is 127. The molecule has 2 unspecified atom stereocenters. The Hall–Kier alpha value is -0.820. The summed E-state index contributed by atoms with van der Waals surface area (Å²) < 4.78 is 6.52. The molecule has 1 aromatic rings. The average molecular weight is 432 g/mol. The maximum absolute atomic E-state index is 11.8. The molecule has 1 aromatic carbocycles. The Balaban J connectivity index is 2.58. The third-order valence-electron chi connectivity index (χ3n) is 3.50. The van der Waals surface area contributed by atoms with Crippen LogP contribution < -0.4 is 10.6 Å². The highest BCUT2D eigenvalue weighted by Crippen LogP contribution is 2.16. The lowest BCUT2D eigenvalue weighted by Crippen LogP contribution is -2.46. The van der Waals surface area contributed by atoms with Crippen molar-refractivity contribution in [3.8, 4) is 0 Å². The predicted octanol–water partition coefficient (Wildman–Crippen LogP) is 4.49. The van der Waals surface area contributed by atoms with Gasteiger partial charge < -0.3 is 15.4 Å². The molecule has 0 saturated carbocycles. The smallest absolute Gasteiger partial charge is 0.407 e. The highest BCUT2D eigenvalue weighted by molar-refractivity contribution is 14.1. The Labute approximate surface area is 153 Å². The summed E-state index contributed by atoms with van der Waals surface area (Å²) in [7, 11) is 0. The van der Waals surface area contributed by atoms with Gasteiger partial charge in [0, 0.05) is 22.2 Å². The number of hydrogen-bond donors (Lipinski definition) is 2. The van der Waals surface area contributed by atoms with Crippen LogP contribution in [0.1, 0.15) is 53.1 Å². The van der Waals surface area contributed by atoms with Gasteiger partial charge in [-0.05, 0) is 73.9 Å². The molecule has 0 saturated heterocycles. The van der Waals surface area contributed by atoms with E-state index in [1.807, 2.05) is 20.8 Å².